The van der Waals surface area contributed by atoms with Crippen LogP contribution in [0.3, 0.4) is 0 Å². The first-order valence-corrected chi connectivity index (χ1v) is 7.31. The Balaban J connectivity index is 2.36. The third-order valence-corrected chi connectivity index (χ3v) is 3.15. The minimum atomic E-state index is -4.62. The molecule has 1 fully saturated rings. The number of esters is 2. The lowest BCUT2D eigenvalue weighted by molar-refractivity contribution is -0.222. The Hall–Kier alpha value is -3.04. The van der Waals surface area contributed by atoms with Gasteiger partial charge in [0.15, 0.2) is 5.57 Å². The van der Waals surface area contributed by atoms with Gasteiger partial charge < -0.3 is 20.1 Å². The molecular weight excluding hydrogens is 357 g/mol. The van der Waals surface area contributed by atoms with Crippen molar-refractivity contribution in [1.82, 2.24) is 0 Å². The molecule has 0 spiro atoms. The molecule has 1 heterocycles. The molecule has 1 aliphatic heterocycles. The summed E-state index contributed by atoms with van der Waals surface area (Å²) in [7, 11) is 0. The number of carbonyl (C=O) groups is 3. The van der Waals surface area contributed by atoms with E-state index in [4.69, 9.17) is 9.47 Å². The molecule has 0 aliphatic carbocycles. The minimum absolute atomic E-state index is 0.0280. The van der Waals surface area contributed by atoms with E-state index >= 15 is 0 Å². The van der Waals surface area contributed by atoms with Crippen LogP contribution in [0.5, 0.6) is 0 Å². The maximum absolute atomic E-state index is 12.9. The molecule has 10 heteroatoms. The second-order valence-corrected chi connectivity index (χ2v) is 5.82. The quantitative estimate of drug-likeness (QED) is 0.481. The van der Waals surface area contributed by atoms with Crippen molar-refractivity contribution in [2.45, 2.75) is 32.7 Å². The van der Waals surface area contributed by atoms with Crippen LogP contribution in [0.15, 0.2) is 30.0 Å². The van der Waals surface area contributed by atoms with Gasteiger partial charge in [0.25, 0.3) is 5.79 Å². The van der Waals surface area contributed by atoms with Crippen LogP contribution in [-0.4, -0.2) is 23.6 Å². The summed E-state index contributed by atoms with van der Waals surface area (Å²) in [4.78, 5) is 34.9. The average Bonchev–Trinajstić information content (AvgIpc) is 2.44. The van der Waals surface area contributed by atoms with Gasteiger partial charge in [-0.1, -0.05) is 0 Å². The Morgan fingerprint density at radius 1 is 1.12 bits per heavy atom. The van der Waals surface area contributed by atoms with E-state index < -0.39 is 40.9 Å². The molecule has 1 saturated heterocycles. The number of anilines is 2. The SMILES string of the molecule is CC(=O)Nc1ccc(C(F)(F)F)cc1NC=C1C(=O)OC(C)(C)OC1=O. The van der Waals surface area contributed by atoms with Gasteiger partial charge in [0.05, 0.1) is 16.9 Å². The van der Waals surface area contributed by atoms with Crippen LogP contribution in [0.4, 0.5) is 24.5 Å². The summed E-state index contributed by atoms with van der Waals surface area (Å²) in [6, 6.07) is 2.56. The second-order valence-electron chi connectivity index (χ2n) is 5.82. The number of amides is 1. The number of hydrogen-bond donors (Lipinski definition) is 2. The highest BCUT2D eigenvalue weighted by atomic mass is 19.4. The highest BCUT2D eigenvalue weighted by Crippen LogP contribution is 2.34. The predicted molar refractivity (Wildman–Crippen MR) is 83.7 cm³/mol. The van der Waals surface area contributed by atoms with E-state index in [2.05, 4.69) is 10.6 Å². The van der Waals surface area contributed by atoms with Crippen LogP contribution in [0, 0.1) is 0 Å². The third-order valence-electron chi connectivity index (χ3n) is 3.15. The summed E-state index contributed by atoms with van der Waals surface area (Å²) in [6.07, 6.45) is -3.76. The second kappa shape index (κ2) is 6.70. The van der Waals surface area contributed by atoms with Crippen LogP contribution in [-0.2, 0) is 30.0 Å². The van der Waals surface area contributed by atoms with Crippen molar-refractivity contribution in [2.75, 3.05) is 10.6 Å². The number of halogens is 3. The molecule has 0 aromatic heterocycles. The zero-order valence-corrected chi connectivity index (χ0v) is 14.0. The molecule has 2 rings (SSSR count). The van der Waals surface area contributed by atoms with Gasteiger partial charge in [-0.2, -0.15) is 13.2 Å². The van der Waals surface area contributed by atoms with Crippen molar-refractivity contribution >= 4 is 29.2 Å². The van der Waals surface area contributed by atoms with Gasteiger partial charge in [-0.25, -0.2) is 9.59 Å². The molecule has 0 unspecified atom stereocenters. The van der Waals surface area contributed by atoms with Crippen LogP contribution >= 0.6 is 0 Å². The van der Waals surface area contributed by atoms with Gasteiger partial charge >= 0.3 is 18.1 Å². The van der Waals surface area contributed by atoms with Crippen LogP contribution < -0.4 is 10.6 Å². The number of rotatable bonds is 3. The molecule has 26 heavy (non-hydrogen) atoms. The topological polar surface area (TPSA) is 93.7 Å². The maximum Gasteiger partial charge on any atom is 0.416 e. The van der Waals surface area contributed by atoms with Crippen LogP contribution in [0.2, 0.25) is 0 Å². The van der Waals surface area contributed by atoms with Crippen molar-refractivity contribution in [3.05, 3.63) is 35.5 Å². The van der Waals surface area contributed by atoms with Gasteiger partial charge in [-0.05, 0) is 18.2 Å². The van der Waals surface area contributed by atoms with E-state index in [1.165, 1.54) is 20.8 Å². The first-order chi connectivity index (χ1) is 11.9. The summed E-state index contributed by atoms with van der Waals surface area (Å²) in [5, 5.41) is 4.76. The van der Waals surface area contributed by atoms with Crippen molar-refractivity contribution in [3.8, 4) is 0 Å². The van der Waals surface area contributed by atoms with Gasteiger partial charge in [-0.3, -0.25) is 4.79 Å². The predicted octanol–water partition coefficient (Wildman–Crippen LogP) is 2.80. The van der Waals surface area contributed by atoms with E-state index in [9.17, 15) is 27.6 Å². The molecule has 7 nitrogen and oxygen atoms in total. The third kappa shape index (κ3) is 4.52. The molecule has 2 N–H and O–H groups in total. The number of alkyl halides is 3. The highest BCUT2D eigenvalue weighted by Gasteiger charge is 2.39. The lowest BCUT2D eigenvalue weighted by Crippen LogP contribution is -2.42. The molecule has 1 amide bonds. The molecule has 140 valence electrons. The fraction of sp³-hybridized carbons (Fsp3) is 0.312. The van der Waals surface area contributed by atoms with Crippen LogP contribution in [0.25, 0.3) is 0 Å². The Morgan fingerprint density at radius 2 is 1.69 bits per heavy atom. The molecule has 0 radical (unpaired) electrons. The largest absolute Gasteiger partial charge is 0.419 e. The number of cyclic esters (lactones) is 2. The lowest BCUT2D eigenvalue weighted by Gasteiger charge is -2.29. The van der Waals surface area contributed by atoms with E-state index in [0.29, 0.717) is 0 Å². The van der Waals surface area contributed by atoms with Crippen LogP contribution in [0.1, 0.15) is 26.3 Å². The van der Waals surface area contributed by atoms with E-state index in [1.54, 1.807) is 0 Å². The van der Waals surface area contributed by atoms with E-state index in [1.807, 2.05) is 0 Å². The summed E-state index contributed by atoms with van der Waals surface area (Å²) in [5.41, 5.74) is -1.66. The molecule has 1 aromatic rings. The summed E-state index contributed by atoms with van der Waals surface area (Å²) in [5.74, 6) is -3.94. The van der Waals surface area contributed by atoms with E-state index in [0.717, 1.165) is 24.4 Å². The Kier molecular flexibility index (Phi) is 4.97. The average molecular weight is 372 g/mol. The number of carbonyl (C=O) groups excluding carboxylic acids is 3. The Bertz CT molecular complexity index is 778. The van der Waals surface area contributed by atoms with Crippen molar-refractivity contribution in [2.24, 2.45) is 0 Å². The standard InChI is InChI=1S/C16H15F3N2O5/c1-8(22)21-11-5-4-9(16(17,18)19)6-12(11)20-7-10-13(23)25-15(2,3)26-14(10)24/h4-7,20H,1-3H3,(H,21,22). The maximum atomic E-state index is 12.9. The van der Waals surface area contributed by atoms with Gasteiger partial charge in [-0.15, -0.1) is 0 Å². The zero-order chi connectivity index (χ0) is 19.7. The number of ether oxygens (including phenoxy) is 2. The monoisotopic (exact) mass is 372 g/mol. The number of hydrogen-bond acceptors (Lipinski definition) is 6. The molecule has 0 atom stereocenters. The molecular formula is C16H15F3N2O5. The smallest absolute Gasteiger partial charge is 0.416 e. The first kappa shape index (κ1) is 19.3. The first-order valence-electron chi connectivity index (χ1n) is 7.31. The molecule has 1 aliphatic rings. The summed E-state index contributed by atoms with van der Waals surface area (Å²) < 4.78 is 48.4. The number of benzene rings is 1. The number of nitrogens with one attached hydrogen (secondary N) is 2. The molecule has 0 saturated carbocycles. The summed E-state index contributed by atoms with van der Waals surface area (Å²) in [6.45, 7) is 3.89. The molecule has 0 bridgehead atoms. The van der Waals surface area contributed by atoms with Crippen molar-refractivity contribution in [1.29, 1.82) is 0 Å². The van der Waals surface area contributed by atoms with Crippen molar-refractivity contribution in [3.63, 3.8) is 0 Å². The fourth-order valence-corrected chi connectivity index (χ4v) is 2.07. The van der Waals surface area contributed by atoms with Gasteiger partial charge in [0.2, 0.25) is 5.91 Å². The fourth-order valence-electron chi connectivity index (χ4n) is 2.07. The normalized spacial score (nSPS) is 16.5. The van der Waals surface area contributed by atoms with Gasteiger partial charge in [0.1, 0.15) is 0 Å². The molecule has 1 aromatic carbocycles. The van der Waals surface area contributed by atoms with Gasteiger partial charge in [0, 0.05) is 27.0 Å². The van der Waals surface area contributed by atoms with Crippen molar-refractivity contribution < 1.29 is 37.0 Å². The lowest BCUT2D eigenvalue weighted by atomic mass is 10.1. The highest BCUT2D eigenvalue weighted by molar-refractivity contribution is 6.15. The Morgan fingerprint density at radius 3 is 2.19 bits per heavy atom. The minimum Gasteiger partial charge on any atom is -0.419 e. The zero-order valence-electron chi connectivity index (χ0n) is 14.0. The summed E-state index contributed by atoms with van der Waals surface area (Å²) >= 11 is 0. The Labute approximate surface area is 146 Å². The van der Waals surface area contributed by atoms with E-state index in [-0.39, 0.29) is 11.4 Å².